The van der Waals surface area contributed by atoms with Gasteiger partial charge in [-0.05, 0) is 84.0 Å². The van der Waals surface area contributed by atoms with E-state index in [-0.39, 0.29) is 37.3 Å². The number of pyridine rings is 1. The molecule has 0 spiro atoms. The highest BCUT2D eigenvalue weighted by Crippen LogP contribution is 2.45. The van der Waals surface area contributed by atoms with Gasteiger partial charge in [0.05, 0.1) is 52.9 Å². The number of ether oxygens (including phenoxy) is 1. The molecule has 0 aliphatic heterocycles. The van der Waals surface area contributed by atoms with Crippen molar-refractivity contribution in [2.45, 2.75) is 124 Å². The van der Waals surface area contributed by atoms with E-state index in [4.69, 9.17) is 20.8 Å². The van der Waals surface area contributed by atoms with Gasteiger partial charge in [-0.1, -0.05) is 32.4 Å². The van der Waals surface area contributed by atoms with E-state index in [2.05, 4.69) is 10.1 Å². The molecule has 0 N–H and O–H groups in total. The smallest absolute Gasteiger partial charge is 0.433 e. The summed E-state index contributed by atoms with van der Waals surface area (Å²) in [7, 11) is -2.54. The zero-order valence-electron chi connectivity index (χ0n) is 30.0. The first-order chi connectivity index (χ1) is 23.1. The Kier molecular flexibility index (Phi) is 13.3. The fourth-order valence-corrected chi connectivity index (χ4v) is 9.79. The zero-order chi connectivity index (χ0) is 37.9. The van der Waals surface area contributed by atoms with Gasteiger partial charge in [-0.15, -0.1) is 0 Å². The van der Waals surface area contributed by atoms with Crippen LogP contribution in [0, 0.1) is 17.8 Å². The van der Waals surface area contributed by atoms with Crippen molar-refractivity contribution in [2.75, 3.05) is 19.7 Å². The second-order valence-corrected chi connectivity index (χ2v) is 19.3. The van der Waals surface area contributed by atoms with Crippen LogP contribution in [0.5, 0.6) is 0 Å². The summed E-state index contributed by atoms with van der Waals surface area (Å²) < 4.78 is 100. The van der Waals surface area contributed by atoms with Crippen molar-refractivity contribution in [1.82, 2.24) is 19.7 Å². The number of halogens is 7. The highest BCUT2D eigenvalue weighted by molar-refractivity contribution is 6.73. The SMILES string of the molecule is CCOC(=O)C1(C)CCC(n2ncc(C(=O)N(CC(O[Si](CC)(CC)CC)c3c(C)cncc3Cl)CC(C)(C)C(F)(F)F)c2C(F)(F)F)CC1. The summed E-state index contributed by atoms with van der Waals surface area (Å²) in [5.41, 5.74) is -4.63. The van der Waals surface area contributed by atoms with Crippen molar-refractivity contribution < 1.29 is 45.1 Å². The van der Waals surface area contributed by atoms with Gasteiger partial charge in [0.15, 0.2) is 14.0 Å². The Balaban J connectivity index is 2.15. The molecule has 1 aliphatic carbocycles. The third-order valence-electron chi connectivity index (χ3n) is 10.3. The highest BCUT2D eigenvalue weighted by Gasteiger charge is 2.51. The topological polar surface area (TPSA) is 86.6 Å². The molecule has 50 heavy (non-hydrogen) atoms. The zero-order valence-corrected chi connectivity index (χ0v) is 31.8. The van der Waals surface area contributed by atoms with Gasteiger partial charge in [0.1, 0.15) is 0 Å². The Hall–Kier alpha value is -2.65. The summed E-state index contributed by atoms with van der Waals surface area (Å²) in [6.07, 6.45) is -6.53. The van der Waals surface area contributed by atoms with Crippen molar-refractivity contribution in [1.29, 1.82) is 0 Å². The fourth-order valence-electron chi connectivity index (χ4n) is 6.67. The predicted octanol–water partition coefficient (Wildman–Crippen LogP) is 9.74. The lowest BCUT2D eigenvalue weighted by molar-refractivity contribution is -0.215. The summed E-state index contributed by atoms with van der Waals surface area (Å²) in [6.45, 7) is 11.4. The van der Waals surface area contributed by atoms with Crippen LogP contribution < -0.4 is 0 Å². The van der Waals surface area contributed by atoms with Crippen LogP contribution in [-0.2, 0) is 20.1 Å². The van der Waals surface area contributed by atoms with E-state index in [0.717, 1.165) is 29.6 Å². The normalized spacial score (nSPS) is 19.7. The number of amides is 1. The molecule has 0 radical (unpaired) electrons. The minimum absolute atomic E-state index is 0.145. The molecule has 0 saturated heterocycles. The van der Waals surface area contributed by atoms with Crippen LogP contribution in [0.4, 0.5) is 26.3 Å². The van der Waals surface area contributed by atoms with Crippen LogP contribution in [0.25, 0.3) is 0 Å². The second-order valence-electron chi connectivity index (χ2n) is 14.1. The van der Waals surface area contributed by atoms with E-state index >= 15 is 0 Å². The molecule has 1 unspecified atom stereocenters. The number of aromatic nitrogens is 3. The molecule has 16 heteroatoms. The molecule has 2 aromatic heterocycles. The molecular weight excluding hydrogens is 706 g/mol. The maximum atomic E-state index is 14.9. The van der Waals surface area contributed by atoms with Crippen LogP contribution in [0.3, 0.4) is 0 Å². The highest BCUT2D eigenvalue weighted by atomic mass is 35.5. The predicted molar refractivity (Wildman–Crippen MR) is 180 cm³/mol. The minimum Gasteiger partial charge on any atom is -0.466 e. The van der Waals surface area contributed by atoms with Crippen molar-refractivity contribution in [3.05, 3.63) is 46.0 Å². The Bertz CT molecular complexity index is 1460. The minimum atomic E-state index is -5.08. The maximum absolute atomic E-state index is 14.9. The van der Waals surface area contributed by atoms with E-state index in [1.807, 2.05) is 20.8 Å². The summed E-state index contributed by atoms with van der Waals surface area (Å²) in [5, 5.41) is 4.17. The van der Waals surface area contributed by atoms with Crippen LogP contribution >= 0.6 is 11.6 Å². The summed E-state index contributed by atoms with van der Waals surface area (Å²) in [4.78, 5) is 31.8. The average molecular weight is 755 g/mol. The standard InChI is InChI=1S/C34H49ClF6N4O4Si/c1-9-48-30(47)32(8)15-13-23(14-16-32)45-28(33(36,37)38)24(18-43-45)29(46)44(21-31(6,7)34(39,40)41)20-26(49-50(10-2,11-3)12-4)27-22(5)17-42-19-25(27)35/h17-19,23,26H,9-16,20-21H2,1-8H3. The van der Waals surface area contributed by atoms with Gasteiger partial charge in [0.25, 0.3) is 5.91 Å². The molecule has 3 rings (SSSR count). The maximum Gasteiger partial charge on any atom is 0.433 e. The van der Waals surface area contributed by atoms with Crippen LogP contribution in [0.2, 0.25) is 23.2 Å². The number of hydrogen-bond donors (Lipinski definition) is 0. The molecular formula is C34H49ClF6N4O4Si. The molecule has 282 valence electrons. The number of esters is 1. The van der Waals surface area contributed by atoms with Gasteiger partial charge in [0, 0.05) is 24.5 Å². The fraction of sp³-hybridized carbons (Fsp3) is 0.706. The van der Waals surface area contributed by atoms with E-state index in [1.165, 1.54) is 12.4 Å². The number of hydrogen-bond acceptors (Lipinski definition) is 6. The van der Waals surface area contributed by atoms with Crippen molar-refractivity contribution in [3.8, 4) is 0 Å². The quantitative estimate of drug-likeness (QED) is 0.109. The van der Waals surface area contributed by atoms with Crippen LogP contribution in [-0.4, -0.2) is 65.7 Å². The van der Waals surface area contributed by atoms with E-state index in [9.17, 15) is 35.9 Å². The van der Waals surface area contributed by atoms with E-state index < -0.39 is 79.9 Å². The van der Waals surface area contributed by atoms with Crippen molar-refractivity contribution in [2.24, 2.45) is 10.8 Å². The molecule has 2 aromatic rings. The Morgan fingerprint density at radius 3 is 2.10 bits per heavy atom. The summed E-state index contributed by atoms with van der Waals surface area (Å²) in [6, 6.07) is 1.15. The first-order valence-electron chi connectivity index (χ1n) is 17.1. The first-order valence-corrected chi connectivity index (χ1v) is 20.0. The molecule has 2 heterocycles. The van der Waals surface area contributed by atoms with Gasteiger partial charge < -0.3 is 14.1 Å². The number of carbonyl (C=O) groups is 2. The van der Waals surface area contributed by atoms with E-state index in [1.54, 1.807) is 20.8 Å². The van der Waals surface area contributed by atoms with Gasteiger partial charge in [-0.3, -0.25) is 19.3 Å². The van der Waals surface area contributed by atoms with Gasteiger partial charge in [0.2, 0.25) is 0 Å². The molecule has 0 aromatic carbocycles. The Labute approximate surface area is 296 Å². The average Bonchev–Trinajstić information content (AvgIpc) is 3.49. The third-order valence-corrected chi connectivity index (χ3v) is 15.2. The lowest BCUT2D eigenvalue weighted by Crippen LogP contribution is -2.49. The summed E-state index contributed by atoms with van der Waals surface area (Å²) >= 11 is 6.60. The number of carbonyl (C=O) groups excluding carboxylic acids is 2. The van der Waals surface area contributed by atoms with Crippen LogP contribution in [0.15, 0.2) is 18.6 Å². The van der Waals surface area contributed by atoms with Gasteiger partial charge in [-0.2, -0.15) is 31.4 Å². The Morgan fingerprint density at radius 2 is 1.62 bits per heavy atom. The molecule has 1 amide bonds. The third kappa shape index (κ3) is 9.04. The first kappa shape index (κ1) is 41.8. The molecule has 1 atom stereocenters. The van der Waals surface area contributed by atoms with Crippen LogP contribution in [0.1, 0.15) is 113 Å². The van der Waals surface area contributed by atoms with Gasteiger partial charge in [-0.25, -0.2) is 0 Å². The second kappa shape index (κ2) is 15.9. The molecule has 1 aliphatic rings. The monoisotopic (exact) mass is 754 g/mol. The summed E-state index contributed by atoms with van der Waals surface area (Å²) in [5.74, 6) is -1.70. The van der Waals surface area contributed by atoms with Crippen molar-refractivity contribution in [3.63, 3.8) is 0 Å². The molecule has 8 nitrogen and oxygen atoms in total. The van der Waals surface area contributed by atoms with Gasteiger partial charge >= 0.3 is 18.3 Å². The lowest BCUT2D eigenvalue weighted by atomic mass is 9.74. The largest absolute Gasteiger partial charge is 0.466 e. The van der Waals surface area contributed by atoms with E-state index in [0.29, 0.717) is 29.3 Å². The molecule has 0 bridgehead atoms. The lowest BCUT2D eigenvalue weighted by Gasteiger charge is -2.39. The number of rotatable bonds is 14. The Morgan fingerprint density at radius 1 is 1.04 bits per heavy atom. The number of alkyl halides is 6. The molecule has 1 saturated carbocycles. The van der Waals surface area contributed by atoms with Crippen molar-refractivity contribution >= 4 is 31.8 Å². The number of nitrogens with zero attached hydrogens (tertiary/aromatic N) is 4. The number of aryl methyl sites for hydroxylation is 1. The molecule has 1 fully saturated rings.